The zero-order chi connectivity index (χ0) is 14.5. The number of amides is 1. The van der Waals surface area contributed by atoms with Crippen molar-refractivity contribution in [2.45, 2.75) is 32.7 Å². The highest BCUT2D eigenvalue weighted by molar-refractivity contribution is 5.77. The largest absolute Gasteiger partial charge is 0.337 e. The number of piperazine rings is 1. The van der Waals surface area contributed by atoms with Crippen molar-refractivity contribution in [1.82, 2.24) is 10.2 Å². The van der Waals surface area contributed by atoms with Crippen LogP contribution in [0.2, 0.25) is 0 Å². The standard InChI is InChI=1S/C16H23FN2O/c1-12(8-14-4-3-5-15(17)10-14)9-16(20)19-7-6-18-11-13(19)2/h3-5,10,12-13,18H,6-9,11H2,1-2H3. The molecular weight excluding hydrogens is 255 g/mol. The van der Waals surface area contributed by atoms with E-state index in [4.69, 9.17) is 0 Å². The molecule has 20 heavy (non-hydrogen) atoms. The average Bonchev–Trinajstić information content (AvgIpc) is 2.38. The molecule has 110 valence electrons. The number of carbonyl (C=O) groups excluding carboxylic acids is 1. The van der Waals surface area contributed by atoms with Gasteiger partial charge < -0.3 is 10.2 Å². The highest BCUT2D eigenvalue weighted by Crippen LogP contribution is 2.16. The normalized spacial score (nSPS) is 20.8. The summed E-state index contributed by atoms with van der Waals surface area (Å²) >= 11 is 0. The highest BCUT2D eigenvalue weighted by atomic mass is 19.1. The Morgan fingerprint density at radius 3 is 3.05 bits per heavy atom. The first-order valence-corrected chi connectivity index (χ1v) is 7.31. The predicted octanol–water partition coefficient (Wildman–Crippen LogP) is 2.21. The van der Waals surface area contributed by atoms with Gasteiger partial charge in [0.2, 0.25) is 5.91 Å². The van der Waals surface area contributed by atoms with E-state index in [1.165, 1.54) is 6.07 Å². The molecule has 1 aliphatic rings. The molecule has 0 aliphatic carbocycles. The molecule has 2 atom stereocenters. The fourth-order valence-electron chi connectivity index (χ4n) is 2.77. The Morgan fingerprint density at radius 2 is 2.35 bits per heavy atom. The van der Waals surface area contributed by atoms with Crippen LogP contribution in [0.4, 0.5) is 4.39 Å². The predicted molar refractivity (Wildman–Crippen MR) is 77.9 cm³/mol. The highest BCUT2D eigenvalue weighted by Gasteiger charge is 2.24. The fraction of sp³-hybridized carbons (Fsp3) is 0.562. The number of hydrogen-bond donors (Lipinski definition) is 1. The van der Waals surface area contributed by atoms with Gasteiger partial charge in [-0.15, -0.1) is 0 Å². The molecule has 1 aliphatic heterocycles. The van der Waals surface area contributed by atoms with Gasteiger partial charge >= 0.3 is 0 Å². The van der Waals surface area contributed by atoms with E-state index in [1.54, 1.807) is 12.1 Å². The first-order valence-electron chi connectivity index (χ1n) is 7.31. The van der Waals surface area contributed by atoms with E-state index >= 15 is 0 Å². The molecule has 1 fully saturated rings. The van der Waals surface area contributed by atoms with E-state index in [0.717, 1.165) is 31.6 Å². The smallest absolute Gasteiger partial charge is 0.223 e. The summed E-state index contributed by atoms with van der Waals surface area (Å²) in [6, 6.07) is 6.89. The van der Waals surface area contributed by atoms with Crippen LogP contribution in [0.5, 0.6) is 0 Å². The Labute approximate surface area is 120 Å². The minimum Gasteiger partial charge on any atom is -0.337 e. The van der Waals surface area contributed by atoms with Crippen LogP contribution in [0.15, 0.2) is 24.3 Å². The number of hydrogen-bond acceptors (Lipinski definition) is 2. The molecule has 0 saturated carbocycles. The minimum atomic E-state index is -0.211. The van der Waals surface area contributed by atoms with Gasteiger partial charge in [0, 0.05) is 32.1 Å². The van der Waals surface area contributed by atoms with Crippen molar-refractivity contribution >= 4 is 5.91 Å². The number of halogens is 1. The Bertz CT molecular complexity index is 464. The van der Waals surface area contributed by atoms with Crippen LogP contribution in [0.1, 0.15) is 25.8 Å². The van der Waals surface area contributed by atoms with Crippen LogP contribution in [0.25, 0.3) is 0 Å². The third kappa shape index (κ3) is 4.04. The van der Waals surface area contributed by atoms with Gasteiger partial charge in [-0.2, -0.15) is 0 Å². The van der Waals surface area contributed by atoms with Gasteiger partial charge in [-0.3, -0.25) is 4.79 Å². The molecule has 3 nitrogen and oxygen atoms in total. The molecule has 1 aromatic rings. The monoisotopic (exact) mass is 278 g/mol. The summed E-state index contributed by atoms with van der Waals surface area (Å²) in [4.78, 5) is 14.3. The van der Waals surface area contributed by atoms with Crippen molar-refractivity contribution in [3.8, 4) is 0 Å². The van der Waals surface area contributed by atoms with Crippen molar-refractivity contribution < 1.29 is 9.18 Å². The summed E-state index contributed by atoms with van der Waals surface area (Å²) < 4.78 is 13.1. The van der Waals surface area contributed by atoms with Gasteiger partial charge in [0.25, 0.3) is 0 Å². The summed E-state index contributed by atoms with van der Waals surface area (Å²) in [5.74, 6) is 0.228. The molecule has 1 saturated heterocycles. The van der Waals surface area contributed by atoms with E-state index in [2.05, 4.69) is 19.2 Å². The van der Waals surface area contributed by atoms with Crippen LogP contribution in [-0.4, -0.2) is 36.5 Å². The molecule has 4 heteroatoms. The molecule has 1 aromatic carbocycles. The van der Waals surface area contributed by atoms with Crippen molar-refractivity contribution in [2.24, 2.45) is 5.92 Å². The Morgan fingerprint density at radius 1 is 1.55 bits per heavy atom. The molecule has 0 radical (unpaired) electrons. The maximum atomic E-state index is 13.1. The Hall–Kier alpha value is -1.42. The average molecular weight is 278 g/mol. The molecule has 0 spiro atoms. The third-order valence-corrected chi connectivity index (χ3v) is 3.82. The number of nitrogens with one attached hydrogen (secondary N) is 1. The Kier molecular flexibility index (Phi) is 5.12. The molecule has 2 rings (SSSR count). The van der Waals surface area contributed by atoms with E-state index < -0.39 is 0 Å². The molecule has 2 unspecified atom stereocenters. The lowest BCUT2D eigenvalue weighted by molar-refractivity contribution is -0.134. The molecular formula is C16H23FN2O. The van der Waals surface area contributed by atoms with Gasteiger partial charge in [0.15, 0.2) is 0 Å². The van der Waals surface area contributed by atoms with Crippen molar-refractivity contribution in [2.75, 3.05) is 19.6 Å². The second kappa shape index (κ2) is 6.84. The van der Waals surface area contributed by atoms with Gasteiger partial charge in [-0.05, 0) is 37.0 Å². The molecule has 0 bridgehead atoms. The summed E-state index contributed by atoms with van der Waals surface area (Å²) in [7, 11) is 0. The van der Waals surface area contributed by atoms with Crippen LogP contribution in [-0.2, 0) is 11.2 Å². The minimum absolute atomic E-state index is 0.211. The van der Waals surface area contributed by atoms with Crippen molar-refractivity contribution in [3.05, 3.63) is 35.6 Å². The maximum absolute atomic E-state index is 13.1. The molecule has 0 aromatic heterocycles. The third-order valence-electron chi connectivity index (χ3n) is 3.82. The molecule has 1 N–H and O–H groups in total. The van der Waals surface area contributed by atoms with Crippen LogP contribution >= 0.6 is 0 Å². The van der Waals surface area contributed by atoms with Gasteiger partial charge in [0.05, 0.1) is 0 Å². The molecule has 1 heterocycles. The number of carbonyl (C=O) groups is 1. The van der Waals surface area contributed by atoms with E-state index in [-0.39, 0.29) is 23.7 Å². The van der Waals surface area contributed by atoms with E-state index in [1.807, 2.05) is 11.0 Å². The zero-order valence-corrected chi connectivity index (χ0v) is 12.2. The van der Waals surface area contributed by atoms with Crippen LogP contribution < -0.4 is 5.32 Å². The van der Waals surface area contributed by atoms with E-state index in [9.17, 15) is 9.18 Å². The van der Waals surface area contributed by atoms with Crippen LogP contribution in [0, 0.1) is 11.7 Å². The first kappa shape index (κ1) is 15.0. The maximum Gasteiger partial charge on any atom is 0.223 e. The summed E-state index contributed by atoms with van der Waals surface area (Å²) in [6.45, 7) is 6.64. The number of benzene rings is 1. The van der Waals surface area contributed by atoms with Gasteiger partial charge in [-0.25, -0.2) is 4.39 Å². The quantitative estimate of drug-likeness (QED) is 0.916. The first-order chi connectivity index (χ1) is 9.56. The van der Waals surface area contributed by atoms with E-state index in [0.29, 0.717) is 6.42 Å². The second-order valence-electron chi connectivity index (χ2n) is 5.78. The van der Waals surface area contributed by atoms with Crippen LogP contribution in [0.3, 0.4) is 0 Å². The van der Waals surface area contributed by atoms with Crippen molar-refractivity contribution in [3.63, 3.8) is 0 Å². The van der Waals surface area contributed by atoms with Gasteiger partial charge in [0.1, 0.15) is 5.82 Å². The summed E-state index contributed by atoms with van der Waals surface area (Å²) in [5.41, 5.74) is 0.957. The fourth-order valence-corrected chi connectivity index (χ4v) is 2.77. The van der Waals surface area contributed by atoms with Crippen molar-refractivity contribution in [1.29, 1.82) is 0 Å². The lowest BCUT2D eigenvalue weighted by Crippen LogP contribution is -2.52. The lowest BCUT2D eigenvalue weighted by Gasteiger charge is -2.34. The zero-order valence-electron chi connectivity index (χ0n) is 12.2. The number of nitrogens with zero attached hydrogens (tertiary/aromatic N) is 1. The summed E-state index contributed by atoms with van der Waals surface area (Å²) in [5, 5.41) is 3.28. The van der Waals surface area contributed by atoms with Gasteiger partial charge in [-0.1, -0.05) is 19.1 Å². The summed E-state index contributed by atoms with van der Waals surface area (Å²) in [6.07, 6.45) is 1.27. The SMILES string of the molecule is CC(CC(=O)N1CCNCC1C)Cc1cccc(F)c1. The topological polar surface area (TPSA) is 32.3 Å². The lowest BCUT2D eigenvalue weighted by atomic mass is 9.97. The Balaban J connectivity index is 1.87. The second-order valence-corrected chi connectivity index (χ2v) is 5.78. The molecule has 1 amide bonds. The number of rotatable bonds is 4.